The van der Waals surface area contributed by atoms with E-state index in [0.29, 0.717) is 16.6 Å². The molecule has 0 radical (unpaired) electrons. The number of pyridine rings is 1. The molecule has 0 saturated heterocycles. The topological polar surface area (TPSA) is 12.9 Å². The van der Waals surface area contributed by atoms with Gasteiger partial charge in [-0.05, 0) is 6.07 Å². The highest BCUT2D eigenvalue weighted by Gasteiger charge is 2.04. The quantitative estimate of drug-likeness (QED) is 0.595. The highest BCUT2D eigenvalue weighted by Crippen LogP contribution is 2.19. The summed E-state index contributed by atoms with van der Waals surface area (Å²) in [5.41, 5.74) is 2.17. The minimum Gasteiger partial charge on any atom is -0.219 e. The van der Waals surface area contributed by atoms with Gasteiger partial charge >= 0.3 is 0 Å². The minimum atomic E-state index is -0.409. The van der Waals surface area contributed by atoms with E-state index < -0.39 is 5.95 Å². The number of rotatable bonds is 2. The van der Waals surface area contributed by atoms with Gasteiger partial charge in [0.25, 0.3) is 0 Å². The van der Waals surface area contributed by atoms with Crippen LogP contribution in [0.5, 0.6) is 0 Å². The molecule has 0 amide bonds. The lowest BCUT2D eigenvalue weighted by Gasteiger charge is -2.02. The van der Waals surface area contributed by atoms with E-state index in [0.717, 1.165) is 5.56 Å². The van der Waals surface area contributed by atoms with Crippen LogP contribution in [0.4, 0.5) is 4.39 Å². The van der Waals surface area contributed by atoms with Crippen molar-refractivity contribution in [3.63, 3.8) is 0 Å². The van der Waals surface area contributed by atoms with Crippen LogP contribution in [0.3, 0.4) is 0 Å². The van der Waals surface area contributed by atoms with Crippen LogP contribution in [0.2, 0.25) is 0 Å². The zero-order valence-corrected chi connectivity index (χ0v) is 9.54. The summed E-state index contributed by atoms with van der Waals surface area (Å²) in [4.78, 5) is 3.92. The molecule has 1 aromatic heterocycles. The van der Waals surface area contributed by atoms with Gasteiger partial charge in [-0.25, -0.2) is 4.98 Å². The largest absolute Gasteiger partial charge is 0.219 e. The van der Waals surface area contributed by atoms with Gasteiger partial charge in [-0.1, -0.05) is 52.3 Å². The van der Waals surface area contributed by atoms with Crippen molar-refractivity contribution >= 4 is 15.9 Å². The molecule has 0 fully saturated rings. The second kappa shape index (κ2) is 4.53. The molecular weight excluding hydrogens is 257 g/mol. The fourth-order valence-electron chi connectivity index (χ4n) is 1.33. The molecule has 0 atom stereocenters. The molecule has 3 heteroatoms. The summed E-state index contributed by atoms with van der Waals surface area (Å²) < 4.78 is 13.4. The summed E-state index contributed by atoms with van der Waals surface area (Å²) >= 11 is 3.21. The van der Waals surface area contributed by atoms with Crippen molar-refractivity contribution < 1.29 is 4.39 Å². The van der Waals surface area contributed by atoms with E-state index in [1.807, 2.05) is 36.4 Å². The number of benzene rings is 1. The van der Waals surface area contributed by atoms with Crippen LogP contribution in [0.15, 0.2) is 42.5 Å². The Labute approximate surface area is 96.1 Å². The highest BCUT2D eigenvalue weighted by atomic mass is 79.9. The Morgan fingerprint density at radius 2 is 1.80 bits per heavy atom. The Hall–Kier alpha value is -1.22. The summed E-state index contributed by atoms with van der Waals surface area (Å²) in [6, 6.07) is 13.1. The summed E-state index contributed by atoms with van der Waals surface area (Å²) in [7, 11) is 0. The molecule has 76 valence electrons. The number of nitrogens with zero attached hydrogens (tertiary/aromatic N) is 1. The van der Waals surface area contributed by atoms with Gasteiger partial charge in [-0.3, -0.25) is 0 Å². The third-order valence-corrected chi connectivity index (χ3v) is 2.74. The van der Waals surface area contributed by atoms with Crippen LogP contribution in [-0.2, 0) is 5.33 Å². The molecule has 0 N–H and O–H groups in total. The lowest BCUT2D eigenvalue weighted by molar-refractivity contribution is 0.575. The van der Waals surface area contributed by atoms with Gasteiger partial charge in [0.1, 0.15) is 0 Å². The van der Waals surface area contributed by atoms with Gasteiger partial charge in [0.05, 0.1) is 5.69 Å². The van der Waals surface area contributed by atoms with Crippen LogP contribution in [-0.4, -0.2) is 4.98 Å². The van der Waals surface area contributed by atoms with Gasteiger partial charge in [0, 0.05) is 16.5 Å². The molecule has 1 aromatic carbocycles. The summed E-state index contributed by atoms with van der Waals surface area (Å²) in [6.07, 6.45) is 0. The first-order valence-electron chi connectivity index (χ1n) is 4.58. The first kappa shape index (κ1) is 10.3. The molecule has 0 bridgehead atoms. The third-order valence-electron chi connectivity index (χ3n) is 2.14. The van der Waals surface area contributed by atoms with Crippen LogP contribution in [0.25, 0.3) is 11.3 Å². The lowest BCUT2D eigenvalue weighted by atomic mass is 10.1. The van der Waals surface area contributed by atoms with Gasteiger partial charge < -0.3 is 0 Å². The van der Waals surface area contributed by atoms with Crippen molar-refractivity contribution in [1.29, 1.82) is 0 Å². The Kier molecular flexibility index (Phi) is 3.11. The van der Waals surface area contributed by atoms with E-state index in [-0.39, 0.29) is 0 Å². The minimum absolute atomic E-state index is 0.409. The maximum Gasteiger partial charge on any atom is 0.217 e. The van der Waals surface area contributed by atoms with Crippen LogP contribution in [0.1, 0.15) is 5.56 Å². The SMILES string of the molecule is Fc1nc(-c2ccccc2)ccc1CBr. The predicted octanol–water partition coefficient (Wildman–Crippen LogP) is 3.78. The van der Waals surface area contributed by atoms with Gasteiger partial charge in [-0.15, -0.1) is 0 Å². The van der Waals surface area contributed by atoms with Crippen LogP contribution < -0.4 is 0 Å². The Morgan fingerprint density at radius 1 is 1.07 bits per heavy atom. The average molecular weight is 266 g/mol. The highest BCUT2D eigenvalue weighted by molar-refractivity contribution is 9.08. The number of aromatic nitrogens is 1. The van der Waals surface area contributed by atoms with E-state index in [1.54, 1.807) is 6.07 Å². The van der Waals surface area contributed by atoms with Crippen LogP contribution in [0, 0.1) is 5.95 Å². The smallest absolute Gasteiger partial charge is 0.217 e. The van der Waals surface area contributed by atoms with Crippen molar-refractivity contribution in [3.05, 3.63) is 54.0 Å². The Bertz CT molecular complexity index is 456. The predicted molar refractivity (Wildman–Crippen MR) is 62.3 cm³/mol. The number of hydrogen-bond donors (Lipinski definition) is 0. The molecule has 0 saturated carbocycles. The van der Waals surface area contributed by atoms with Gasteiger partial charge in [-0.2, -0.15) is 4.39 Å². The maximum absolute atomic E-state index is 13.4. The molecule has 0 aliphatic rings. The maximum atomic E-state index is 13.4. The number of alkyl halides is 1. The molecule has 1 heterocycles. The number of hydrogen-bond acceptors (Lipinski definition) is 1. The first-order valence-corrected chi connectivity index (χ1v) is 5.70. The second-order valence-electron chi connectivity index (χ2n) is 3.15. The fourth-order valence-corrected chi connectivity index (χ4v) is 1.75. The van der Waals surface area contributed by atoms with Crippen molar-refractivity contribution in [2.45, 2.75) is 5.33 Å². The molecule has 1 nitrogen and oxygen atoms in total. The molecule has 0 unspecified atom stereocenters. The molecule has 2 rings (SSSR count). The molecule has 0 aliphatic carbocycles. The van der Waals surface area contributed by atoms with Crippen molar-refractivity contribution in [1.82, 2.24) is 4.98 Å². The second-order valence-corrected chi connectivity index (χ2v) is 3.71. The lowest BCUT2D eigenvalue weighted by Crippen LogP contribution is -1.93. The van der Waals surface area contributed by atoms with Gasteiger partial charge in [0.2, 0.25) is 5.95 Å². The zero-order valence-electron chi connectivity index (χ0n) is 7.95. The molecule has 15 heavy (non-hydrogen) atoms. The summed E-state index contributed by atoms with van der Waals surface area (Å²) in [6.45, 7) is 0. The van der Waals surface area contributed by atoms with Crippen molar-refractivity contribution in [2.75, 3.05) is 0 Å². The van der Waals surface area contributed by atoms with Crippen LogP contribution >= 0.6 is 15.9 Å². The van der Waals surface area contributed by atoms with E-state index >= 15 is 0 Å². The summed E-state index contributed by atoms with van der Waals surface area (Å²) in [5.74, 6) is -0.409. The van der Waals surface area contributed by atoms with Crippen molar-refractivity contribution in [2.24, 2.45) is 0 Å². The average Bonchev–Trinajstić information content (AvgIpc) is 2.30. The standard InChI is InChI=1S/C12H9BrFN/c13-8-10-6-7-11(15-12(10)14)9-4-2-1-3-5-9/h1-7H,8H2. The number of halogens is 2. The van der Waals surface area contributed by atoms with Crippen molar-refractivity contribution in [3.8, 4) is 11.3 Å². The summed E-state index contributed by atoms with van der Waals surface area (Å²) in [5, 5.41) is 0.487. The first-order chi connectivity index (χ1) is 7.31. The fraction of sp³-hybridized carbons (Fsp3) is 0.0833. The van der Waals surface area contributed by atoms with E-state index in [1.165, 1.54) is 0 Å². The molecule has 2 aromatic rings. The van der Waals surface area contributed by atoms with Gasteiger partial charge in [0.15, 0.2) is 0 Å². The molecule has 0 spiro atoms. The molecule has 0 aliphatic heterocycles. The zero-order chi connectivity index (χ0) is 10.7. The Balaban J connectivity index is 2.43. The van der Waals surface area contributed by atoms with E-state index in [9.17, 15) is 4.39 Å². The monoisotopic (exact) mass is 265 g/mol. The molecular formula is C12H9BrFN. The normalized spacial score (nSPS) is 10.3. The third kappa shape index (κ3) is 2.23. The van der Waals surface area contributed by atoms with E-state index in [2.05, 4.69) is 20.9 Å². The Morgan fingerprint density at radius 3 is 2.40 bits per heavy atom. The van der Waals surface area contributed by atoms with E-state index in [4.69, 9.17) is 0 Å².